The number of hydrogen-bond donors (Lipinski definition) is 1. The maximum atomic E-state index is 6.03. The topological polar surface area (TPSA) is 57.2 Å². The van der Waals surface area contributed by atoms with E-state index in [4.69, 9.17) is 5.73 Å². The zero-order chi connectivity index (χ0) is 20.9. The molecule has 2 heterocycles. The van der Waals surface area contributed by atoms with Crippen molar-refractivity contribution in [3.05, 3.63) is 53.4 Å². The van der Waals surface area contributed by atoms with Gasteiger partial charge < -0.3 is 15.5 Å². The summed E-state index contributed by atoms with van der Waals surface area (Å²) in [6.07, 6.45) is 3.23. The van der Waals surface area contributed by atoms with Gasteiger partial charge in [-0.2, -0.15) is 0 Å². The van der Waals surface area contributed by atoms with Crippen molar-refractivity contribution >= 4 is 28.9 Å². The SMILES string of the molecule is C=N/C(=C1/CCN(c2cccc3cccc(C)c23)C/C1=N/C)N1CC2(CC(N)C2)C1. The van der Waals surface area contributed by atoms with Gasteiger partial charge in [0.15, 0.2) is 0 Å². The molecule has 2 N–H and O–H groups in total. The molecular weight excluding hydrogens is 370 g/mol. The van der Waals surface area contributed by atoms with Gasteiger partial charge in [-0.3, -0.25) is 4.99 Å². The Bertz CT molecular complexity index is 1050. The number of hydrogen-bond acceptors (Lipinski definition) is 5. The van der Waals surface area contributed by atoms with Crippen molar-refractivity contribution < 1.29 is 0 Å². The molecule has 5 nitrogen and oxygen atoms in total. The molecule has 0 radical (unpaired) electrons. The Morgan fingerprint density at radius 2 is 1.90 bits per heavy atom. The van der Waals surface area contributed by atoms with Gasteiger partial charge in [-0.25, -0.2) is 4.99 Å². The van der Waals surface area contributed by atoms with Gasteiger partial charge in [0, 0.05) is 54.8 Å². The Hall–Kier alpha value is -2.66. The number of nitrogens with two attached hydrogens (primary N) is 1. The van der Waals surface area contributed by atoms with Crippen LogP contribution in [0, 0.1) is 12.3 Å². The van der Waals surface area contributed by atoms with Gasteiger partial charge in [-0.05, 0) is 49.9 Å². The number of piperidine rings is 1. The lowest BCUT2D eigenvalue weighted by Crippen LogP contribution is -2.64. The smallest absolute Gasteiger partial charge is 0.132 e. The largest absolute Gasteiger partial charge is 0.365 e. The zero-order valence-corrected chi connectivity index (χ0v) is 18.1. The summed E-state index contributed by atoms with van der Waals surface area (Å²) in [5, 5.41) is 2.64. The molecule has 156 valence electrons. The highest BCUT2D eigenvalue weighted by Gasteiger charge is 2.52. The van der Waals surface area contributed by atoms with Gasteiger partial charge in [0.1, 0.15) is 5.82 Å². The second-order valence-electron chi connectivity index (χ2n) is 9.28. The van der Waals surface area contributed by atoms with E-state index in [2.05, 4.69) is 69.8 Å². The molecule has 0 bridgehead atoms. The lowest BCUT2D eigenvalue weighted by atomic mass is 9.61. The summed E-state index contributed by atoms with van der Waals surface area (Å²) < 4.78 is 0. The highest BCUT2D eigenvalue weighted by molar-refractivity contribution is 6.06. The normalized spacial score (nSPS) is 24.2. The van der Waals surface area contributed by atoms with Gasteiger partial charge in [-0.1, -0.05) is 30.3 Å². The van der Waals surface area contributed by atoms with E-state index in [1.54, 1.807) is 0 Å². The highest BCUT2D eigenvalue weighted by Crippen LogP contribution is 2.49. The minimum absolute atomic E-state index is 0.389. The molecule has 1 saturated carbocycles. The summed E-state index contributed by atoms with van der Waals surface area (Å²) in [6.45, 7) is 9.98. The molecule has 2 aliphatic heterocycles. The van der Waals surface area contributed by atoms with Crippen molar-refractivity contribution in [1.29, 1.82) is 0 Å². The van der Waals surface area contributed by atoms with Crippen LogP contribution in [0.3, 0.4) is 0 Å². The monoisotopic (exact) mass is 401 g/mol. The first kappa shape index (κ1) is 19.3. The van der Waals surface area contributed by atoms with Crippen LogP contribution in [0.2, 0.25) is 0 Å². The van der Waals surface area contributed by atoms with Gasteiger partial charge in [-0.15, -0.1) is 0 Å². The molecule has 30 heavy (non-hydrogen) atoms. The third-order valence-corrected chi connectivity index (χ3v) is 7.18. The van der Waals surface area contributed by atoms with Crippen LogP contribution in [-0.2, 0) is 0 Å². The average Bonchev–Trinajstić information content (AvgIpc) is 2.71. The van der Waals surface area contributed by atoms with Gasteiger partial charge >= 0.3 is 0 Å². The third-order valence-electron chi connectivity index (χ3n) is 7.18. The molecule has 1 spiro atoms. The van der Waals surface area contributed by atoms with Crippen LogP contribution in [0.25, 0.3) is 10.8 Å². The number of aliphatic imine (C=N–C) groups is 2. The number of fused-ring (bicyclic) bond motifs is 1. The molecule has 0 atom stereocenters. The van der Waals surface area contributed by atoms with E-state index in [1.807, 2.05) is 7.05 Å². The number of rotatable bonds is 3. The molecule has 3 aliphatic rings. The quantitative estimate of drug-likeness (QED) is 0.797. The summed E-state index contributed by atoms with van der Waals surface area (Å²) in [5.41, 5.74) is 11.5. The molecule has 5 rings (SSSR count). The van der Waals surface area contributed by atoms with Crippen molar-refractivity contribution in [3.63, 3.8) is 0 Å². The molecular formula is C25H31N5. The molecule has 1 aliphatic carbocycles. The molecule has 0 amide bonds. The molecule has 2 aromatic carbocycles. The first-order chi connectivity index (χ1) is 14.5. The molecule has 3 fully saturated rings. The second kappa shape index (κ2) is 7.24. The van der Waals surface area contributed by atoms with E-state index in [1.165, 1.54) is 27.6 Å². The molecule has 2 saturated heterocycles. The van der Waals surface area contributed by atoms with Gasteiger partial charge in [0.05, 0.1) is 12.3 Å². The van der Waals surface area contributed by atoms with Crippen molar-refractivity contribution in [1.82, 2.24) is 4.90 Å². The van der Waals surface area contributed by atoms with Gasteiger partial charge in [0.2, 0.25) is 0 Å². The Balaban J connectivity index is 1.41. The number of nitrogens with zero attached hydrogens (tertiary/aromatic N) is 4. The maximum Gasteiger partial charge on any atom is 0.132 e. The zero-order valence-electron chi connectivity index (χ0n) is 18.1. The average molecular weight is 402 g/mol. The van der Waals surface area contributed by atoms with Crippen LogP contribution in [0.4, 0.5) is 5.69 Å². The second-order valence-corrected chi connectivity index (χ2v) is 9.28. The first-order valence-corrected chi connectivity index (χ1v) is 10.9. The van der Waals surface area contributed by atoms with E-state index in [0.717, 1.165) is 57.0 Å². The van der Waals surface area contributed by atoms with Crippen molar-refractivity contribution in [2.24, 2.45) is 21.1 Å². The van der Waals surface area contributed by atoms with Crippen LogP contribution < -0.4 is 10.6 Å². The lowest BCUT2D eigenvalue weighted by Gasteiger charge is -2.59. The minimum atomic E-state index is 0.389. The van der Waals surface area contributed by atoms with E-state index in [-0.39, 0.29) is 0 Å². The Morgan fingerprint density at radius 1 is 1.17 bits per heavy atom. The molecule has 2 aromatic rings. The summed E-state index contributed by atoms with van der Waals surface area (Å²) in [4.78, 5) is 14.0. The fourth-order valence-corrected chi connectivity index (χ4v) is 5.78. The molecule has 5 heteroatoms. The Morgan fingerprint density at radius 3 is 2.57 bits per heavy atom. The summed E-state index contributed by atoms with van der Waals surface area (Å²) in [5.74, 6) is 1.04. The van der Waals surface area contributed by atoms with Crippen LogP contribution in [0.15, 0.2) is 57.8 Å². The number of likely N-dealkylation sites (tertiary alicyclic amines) is 1. The van der Waals surface area contributed by atoms with E-state index in [0.29, 0.717) is 11.5 Å². The minimum Gasteiger partial charge on any atom is -0.365 e. The fraction of sp³-hybridized carbons (Fsp3) is 0.440. The van der Waals surface area contributed by atoms with Gasteiger partial charge in [0.25, 0.3) is 0 Å². The highest BCUT2D eigenvalue weighted by atomic mass is 15.3. The number of benzene rings is 2. The van der Waals surface area contributed by atoms with Crippen molar-refractivity contribution in [2.45, 2.75) is 32.2 Å². The standard InChI is InChI=1S/C25H31N5/c1-17-6-4-7-18-8-5-9-22(23(17)18)29-11-10-20(21(14-29)27-2)24(28-3)30-15-25(16-30)12-19(26)13-25/h4-9,19H,3,10-16,26H2,1-2H3/b24-20+,27-21-. The predicted octanol–water partition coefficient (Wildman–Crippen LogP) is 3.76. The third kappa shape index (κ3) is 3.03. The first-order valence-electron chi connectivity index (χ1n) is 10.9. The number of aryl methyl sites for hydroxylation is 1. The Kier molecular flexibility index (Phi) is 4.66. The van der Waals surface area contributed by atoms with Crippen LogP contribution >= 0.6 is 0 Å². The van der Waals surface area contributed by atoms with E-state index >= 15 is 0 Å². The Labute approximate surface area is 179 Å². The van der Waals surface area contributed by atoms with Crippen LogP contribution in [-0.4, -0.2) is 56.6 Å². The van der Waals surface area contributed by atoms with Crippen LogP contribution in [0.5, 0.6) is 0 Å². The summed E-state index contributed by atoms with van der Waals surface area (Å²) >= 11 is 0. The van der Waals surface area contributed by atoms with E-state index < -0.39 is 0 Å². The summed E-state index contributed by atoms with van der Waals surface area (Å²) in [7, 11) is 1.90. The maximum absolute atomic E-state index is 6.03. The van der Waals surface area contributed by atoms with Crippen LogP contribution in [0.1, 0.15) is 24.8 Å². The van der Waals surface area contributed by atoms with E-state index in [9.17, 15) is 0 Å². The number of anilines is 1. The molecule has 0 aromatic heterocycles. The van der Waals surface area contributed by atoms with Crippen molar-refractivity contribution in [3.8, 4) is 0 Å². The fourth-order valence-electron chi connectivity index (χ4n) is 5.78. The molecule has 0 unspecified atom stereocenters. The predicted molar refractivity (Wildman–Crippen MR) is 127 cm³/mol. The lowest BCUT2D eigenvalue weighted by molar-refractivity contribution is -0.0520. The summed E-state index contributed by atoms with van der Waals surface area (Å²) in [6, 6.07) is 13.5. The van der Waals surface area contributed by atoms with Crippen molar-refractivity contribution in [2.75, 3.05) is 38.1 Å².